The molecule has 2 aromatic rings. The highest BCUT2D eigenvalue weighted by Crippen LogP contribution is 2.23. The van der Waals surface area contributed by atoms with Crippen molar-refractivity contribution < 1.29 is 22.7 Å². The Bertz CT molecular complexity index is 1040. The molecule has 31 heavy (non-hydrogen) atoms. The van der Waals surface area contributed by atoms with Crippen LogP contribution in [0.4, 0.5) is 0 Å². The highest BCUT2D eigenvalue weighted by atomic mass is 32.2. The van der Waals surface area contributed by atoms with Crippen LogP contribution in [0.3, 0.4) is 0 Å². The molecule has 0 aromatic heterocycles. The smallest absolute Gasteiger partial charge is 0.456 e. The van der Waals surface area contributed by atoms with Crippen molar-refractivity contribution in [2.75, 3.05) is 6.61 Å². The van der Waals surface area contributed by atoms with Gasteiger partial charge in [0.05, 0.1) is 11.5 Å². The maximum absolute atomic E-state index is 12.9. The number of sulfone groups is 1. The van der Waals surface area contributed by atoms with E-state index in [4.69, 9.17) is 4.74 Å². The largest absolute Gasteiger partial charge is 0.494 e. The second-order valence-corrected chi connectivity index (χ2v) is 10.3. The first kappa shape index (κ1) is 24.5. The number of nitrogens with zero attached hydrogens (tertiary/aromatic N) is 2. The third-order valence-electron chi connectivity index (χ3n) is 4.95. The second kappa shape index (κ2) is 10.5. The molecule has 0 fully saturated rings. The molecule has 6 nitrogen and oxygen atoms in total. The van der Waals surface area contributed by atoms with Gasteiger partial charge in [-0.3, -0.25) is 4.79 Å². The summed E-state index contributed by atoms with van der Waals surface area (Å²) in [6.07, 6.45) is 4.30. The van der Waals surface area contributed by atoms with Crippen LogP contribution in [0, 0.1) is 0 Å². The Morgan fingerprint density at radius 2 is 1.58 bits per heavy atom. The number of unbranched alkanes of at least 4 members (excludes halogenated alkanes) is 3. The van der Waals surface area contributed by atoms with Crippen LogP contribution in [0.25, 0.3) is 5.53 Å². The summed E-state index contributed by atoms with van der Waals surface area (Å²) in [7, 11) is -4.29. The zero-order valence-corrected chi connectivity index (χ0v) is 19.4. The van der Waals surface area contributed by atoms with Gasteiger partial charge >= 0.3 is 5.04 Å². The van der Waals surface area contributed by atoms with E-state index in [-0.39, 0.29) is 15.9 Å². The Morgan fingerprint density at radius 3 is 2.10 bits per heavy atom. The summed E-state index contributed by atoms with van der Waals surface area (Å²) in [6, 6.07) is 12.4. The van der Waals surface area contributed by atoms with E-state index in [1.807, 2.05) is 20.8 Å². The van der Waals surface area contributed by atoms with Gasteiger partial charge in [0.25, 0.3) is 15.6 Å². The number of rotatable bonds is 9. The van der Waals surface area contributed by atoms with E-state index in [9.17, 15) is 18.7 Å². The molecule has 0 aliphatic heterocycles. The molecule has 0 heterocycles. The van der Waals surface area contributed by atoms with Crippen LogP contribution in [-0.2, 0) is 15.3 Å². The molecule has 0 N–H and O–H groups in total. The fourth-order valence-corrected chi connectivity index (χ4v) is 4.20. The van der Waals surface area contributed by atoms with Crippen molar-refractivity contribution in [1.29, 1.82) is 0 Å². The van der Waals surface area contributed by atoms with Gasteiger partial charge in [0.15, 0.2) is 0 Å². The average Bonchev–Trinajstić information content (AvgIpc) is 2.73. The zero-order valence-electron chi connectivity index (χ0n) is 18.6. The highest BCUT2D eigenvalue weighted by Gasteiger charge is 2.38. The van der Waals surface area contributed by atoms with E-state index < -0.39 is 20.7 Å². The lowest BCUT2D eigenvalue weighted by atomic mass is 9.86. The van der Waals surface area contributed by atoms with Crippen molar-refractivity contribution >= 4 is 20.7 Å². The molecular weight excluding hydrogens is 412 g/mol. The van der Waals surface area contributed by atoms with Crippen molar-refractivity contribution in [2.45, 2.75) is 63.7 Å². The number of ether oxygens (including phenoxy) is 1. The second-order valence-electron chi connectivity index (χ2n) is 8.45. The Balaban J connectivity index is 2.17. The fraction of sp³-hybridized carbons (Fsp3) is 0.417. The van der Waals surface area contributed by atoms with Gasteiger partial charge in [0, 0.05) is 5.56 Å². The molecule has 2 rings (SSSR count). The standard InChI is InChI=1S/C24H30N2O4S/c1-5-6-7-8-17-30-20-13-15-21(16-14-20)31(28,29)23(26-25)22(27)18-9-11-19(12-10-18)24(2,3)4/h9-16H,5-8,17H2,1-4H3. The van der Waals surface area contributed by atoms with Gasteiger partial charge in [0.1, 0.15) is 5.75 Å². The van der Waals surface area contributed by atoms with Crippen LogP contribution >= 0.6 is 0 Å². The lowest BCUT2D eigenvalue weighted by Crippen LogP contribution is -2.26. The number of carbonyl (C=O) groups excluding carboxylic acids is 1. The predicted molar refractivity (Wildman–Crippen MR) is 121 cm³/mol. The highest BCUT2D eigenvalue weighted by molar-refractivity contribution is 8.08. The zero-order chi connectivity index (χ0) is 23.1. The van der Waals surface area contributed by atoms with Crippen molar-refractivity contribution in [3.05, 3.63) is 65.2 Å². The van der Waals surface area contributed by atoms with E-state index >= 15 is 0 Å². The van der Waals surface area contributed by atoms with Crippen molar-refractivity contribution in [2.24, 2.45) is 0 Å². The fourth-order valence-electron chi connectivity index (χ4n) is 3.01. The lowest BCUT2D eigenvalue weighted by molar-refractivity contribution is -0.00158. The molecular formula is C24H30N2O4S. The van der Waals surface area contributed by atoms with Gasteiger partial charge in [-0.1, -0.05) is 71.2 Å². The molecule has 0 atom stereocenters. The topological polar surface area (TPSA) is 96.8 Å². The third kappa shape index (κ3) is 6.36. The minimum absolute atomic E-state index is 0.110. The monoisotopic (exact) mass is 442 g/mol. The maximum atomic E-state index is 12.9. The van der Waals surface area contributed by atoms with Gasteiger partial charge in [0.2, 0.25) is 0 Å². The number of hydrogen-bond donors (Lipinski definition) is 0. The first-order valence-corrected chi connectivity index (χ1v) is 11.9. The number of benzene rings is 2. The van der Waals surface area contributed by atoms with Crippen LogP contribution < -0.4 is 4.74 Å². The molecule has 0 unspecified atom stereocenters. The van der Waals surface area contributed by atoms with E-state index in [2.05, 4.69) is 11.7 Å². The summed E-state index contributed by atoms with van der Waals surface area (Å²) in [6.45, 7) is 8.79. The van der Waals surface area contributed by atoms with Crippen molar-refractivity contribution in [3.63, 3.8) is 0 Å². The van der Waals surface area contributed by atoms with Crippen LogP contribution in [0.15, 0.2) is 53.4 Å². The van der Waals surface area contributed by atoms with Gasteiger partial charge in [-0.2, -0.15) is 0 Å². The lowest BCUT2D eigenvalue weighted by Gasteiger charge is -2.18. The minimum atomic E-state index is -4.29. The number of carbonyl (C=O) groups is 1. The summed E-state index contributed by atoms with van der Waals surface area (Å²) < 4.78 is 31.4. The number of Topliss-reactive ketones (excluding diaryl/α,β-unsaturated/α-hetero) is 1. The normalized spacial score (nSPS) is 11.6. The van der Waals surface area contributed by atoms with Gasteiger partial charge < -0.3 is 10.3 Å². The van der Waals surface area contributed by atoms with Crippen LogP contribution in [0.2, 0.25) is 0 Å². The third-order valence-corrected chi connectivity index (χ3v) is 6.62. The maximum Gasteiger partial charge on any atom is 0.456 e. The van der Waals surface area contributed by atoms with Crippen LogP contribution in [0.5, 0.6) is 5.75 Å². The van der Waals surface area contributed by atoms with Crippen LogP contribution in [0.1, 0.15) is 69.3 Å². The number of ketones is 1. The van der Waals surface area contributed by atoms with Crippen molar-refractivity contribution in [1.82, 2.24) is 0 Å². The van der Waals surface area contributed by atoms with E-state index in [1.165, 1.54) is 24.3 Å². The molecule has 0 saturated carbocycles. The first-order chi connectivity index (χ1) is 14.6. The molecule has 7 heteroatoms. The summed E-state index contributed by atoms with van der Waals surface area (Å²) in [5, 5.41) is -0.913. The van der Waals surface area contributed by atoms with E-state index in [1.54, 1.807) is 24.3 Å². The molecule has 0 aliphatic rings. The molecule has 0 amide bonds. The summed E-state index contributed by atoms with van der Waals surface area (Å²) in [4.78, 5) is 15.4. The molecule has 2 aromatic carbocycles. The van der Waals surface area contributed by atoms with Crippen LogP contribution in [-0.4, -0.2) is 30.6 Å². The van der Waals surface area contributed by atoms with E-state index in [0.29, 0.717) is 12.4 Å². The summed E-state index contributed by atoms with van der Waals surface area (Å²) in [5.74, 6) is -0.318. The quantitative estimate of drug-likeness (QED) is 0.133. The molecule has 0 spiro atoms. The van der Waals surface area contributed by atoms with Gasteiger partial charge in [-0.25, -0.2) is 8.42 Å². The minimum Gasteiger partial charge on any atom is -0.494 e. The predicted octanol–water partition coefficient (Wildman–Crippen LogP) is 5.23. The number of hydrogen-bond acceptors (Lipinski definition) is 4. The molecule has 166 valence electrons. The Hall–Kier alpha value is -2.76. The molecule has 0 saturated heterocycles. The first-order valence-electron chi connectivity index (χ1n) is 10.5. The molecule has 0 bridgehead atoms. The Kier molecular flexibility index (Phi) is 8.31. The molecule has 0 aliphatic carbocycles. The Labute approximate surface area is 184 Å². The summed E-state index contributed by atoms with van der Waals surface area (Å²) in [5.41, 5.74) is 10.4. The summed E-state index contributed by atoms with van der Waals surface area (Å²) >= 11 is 0. The van der Waals surface area contributed by atoms with Crippen molar-refractivity contribution in [3.8, 4) is 5.75 Å². The SMILES string of the molecule is CCCCCCOc1ccc(S(=O)(=O)C(=[N+]=[N-])C(=O)c2ccc(C(C)(C)C)cc2)cc1. The van der Waals surface area contributed by atoms with Gasteiger partial charge in [-0.05, 0) is 41.7 Å². The average molecular weight is 443 g/mol. The van der Waals surface area contributed by atoms with Gasteiger partial charge in [-0.15, -0.1) is 4.79 Å². The Morgan fingerprint density at radius 1 is 0.968 bits per heavy atom. The van der Waals surface area contributed by atoms with E-state index in [0.717, 1.165) is 31.2 Å². The molecule has 0 radical (unpaired) electrons.